The Morgan fingerprint density at radius 2 is 1.88 bits per heavy atom. The Hall–Kier alpha value is -5.34. The summed E-state index contributed by atoms with van der Waals surface area (Å²) in [5, 5.41) is 6.17. The number of aromatic nitrogens is 2. The van der Waals surface area contributed by atoms with E-state index in [2.05, 4.69) is 32.0 Å². The number of allylic oxidation sites excluding steroid dienone is 2. The Morgan fingerprint density at radius 3 is 2.55 bits per heavy atom. The largest absolute Gasteiger partial charge is 0.494 e. The minimum atomic E-state index is -3.71. The van der Waals surface area contributed by atoms with Crippen LogP contribution < -0.4 is 25.0 Å². The molecule has 1 aromatic heterocycles. The molecule has 14 heteroatoms. The highest BCUT2D eigenvalue weighted by atomic mass is 32.2. The summed E-state index contributed by atoms with van der Waals surface area (Å²) in [4.78, 5) is 28.1. The zero-order valence-corrected chi connectivity index (χ0v) is 28.3. The van der Waals surface area contributed by atoms with Crippen LogP contribution in [0.1, 0.15) is 20.3 Å². The van der Waals surface area contributed by atoms with Crippen molar-refractivity contribution in [2.24, 2.45) is 4.99 Å². The summed E-state index contributed by atoms with van der Waals surface area (Å²) in [6.45, 7) is 9.08. The van der Waals surface area contributed by atoms with E-state index in [1.165, 1.54) is 19.4 Å². The fraction of sp³-hybridized carbons (Fsp3) is 0.257. The monoisotopic (exact) mass is 687 g/mol. The van der Waals surface area contributed by atoms with Gasteiger partial charge in [-0.1, -0.05) is 25.1 Å². The van der Waals surface area contributed by atoms with E-state index in [-0.39, 0.29) is 17.0 Å². The Morgan fingerprint density at radius 1 is 1.12 bits per heavy atom. The first-order chi connectivity index (χ1) is 23.7. The van der Waals surface area contributed by atoms with E-state index >= 15 is 4.39 Å². The van der Waals surface area contributed by atoms with Gasteiger partial charge >= 0.3 is 6.03 Å². The van der Waals surface area contributed by atoms with E-state index < -0.39 is 21.9 Å². The molecule has 3 aromatic carbocycles. The second-order valence-electron chi connectivity index (χ2n) is 11.0. The maximum atomic E-state index is 15.9. The lowest BCUT2D eigenvalue weighted by Crippen LogP contribution is -2.37. The molecule has 3 N–H and O–H groups in total. The molecule has 0 atom stereocenters. The van der Waals surface area contributed by atoms with E-state index in [1.807, 2.05) is 0 Å². The van der Waals surface area contributed by atoms with Crippen LogP contribution in [0.5, 0.6) is 5.75 Å². The summed E-state index contributed by atoms with van der Waals surface area (Å²) >= 11 is 0. The molecule has 49 heavy (non-hydrogen) atoms. The smallest absolute Gasteiger partial charge is 0.323 e. The molecule has 2 heterocycles. The van der Waals surface area contributed by atoms with Crippen LogP contribution in [0.2, 0.25) is 0 Å². The molecular formula is C35H38FN7O5S. The molecule has 4 aromatic rings. The van der Waals surface area contributed by atoms with Crippen LogP contribution in [0.3, 0.4) is 0 Å². The number of urea groups is 1. The zero-order chi connectivity index (χ0) is 35.0. The fourth-order valence-corrected chi connectivity index (χ4v) is 6.43. The van der Waals surface area contributed by atoms with Gasteiger partial charge in [0.05, 0.1) is 31.8 Å². The maximum Gasteiger partial charge on any atom is 0.323 e. The molecular weight excluding hydrogens is 649 g/mol. The Bertz CT molecular complexity index is 2010. The highest BCUT2D eigenvalue weighted by molar-refractivity contribution is 7.92. The van der Waals surface area contributed by atoms with E-state index in [1.54, 1.807) is 74.5 Å². The number of methoxy groups -OCH3 is 1. The Kier molecular flexibility index (Phi) is 11.2. The third kappa shape index (κ3) is 8.39. The van der Waals surface area contributed by atoms with Crippen LogP contribution in [0.4, 0.5) is 26.4 Å². The lowest BCUT2D eigenvalue weighted by molar-refractivity contribution is 0.122. The van der Waals surface area contributed by atoms with Gasteiger partial charge in [0, 0.05) is 47.2 Å². The minimum absolute atomic E-state index is 0.124. The van der Waals surface area contributed by atoms with Crippen molar-refractivity contribution in [2.75, 3.05) is 54.1 Å². The molecule has 0 spiro atoms. The summed E-state index contributed by atoms with van der Waals surface area (Å²) in [5.41, 5.74) is 2.85. The van der Waals surface area contributed by atoms with Crippen molar-refractivity contribution in [2.45, 2.75) is 20.3 Å². The van der Waals surface area contributed by atoms with Gasteiger partial charge in [-0.15, -0.1) is 0 Å². The number of fused-ring (bicyclic) bond motifs is 1. The lowest BCUT2D eigenvalue weighted by Gasteiger charge is -2.29. The van der Waals surface area contributed by atoms with Gasteiger partial charge in [0.1, 0.15) is 17.1 Å². The summed E-state index contributed by atoms with van der Waals surface area (Å²) in [6, 6.07) is 14.7. The zero-order valence-electron chi connectivity index (χ0n) is 27.5. The van der Waals surface area contributed by atoms with Crippen LogP contribution in [0.25, 0.3) is 33.4 Å². The van der Waals surface area contributed by atoms with Crippen molar-refractivity contribution in [1.82, 2.24) is 15.3 Å². The number of morpholine rings is 1. The summed E-state index contributed by atoms with van der Waals surface area (Å²) < 4.78 is 54.5. The topological polar surface area (TPSA) is 147 Å². The molecule has 1 aliphatic rings. The van der Waals surface area contributed by atoms with Crippen molar-refractivity contribution >= 4 is 50.9 Å². The first-order valence-electron chi connectivity index (χ1n) is 15.6. The number of ether oxygens (including phenoxy) is 2. The average molecular weight is 688 g/mol. The molecule has 256 valence electrons. The number of anilines is 3. The summed E-state index contributed by atoms with van der Waals surface area (Å²) in [5.74, 6) is 0.599. The third-order valence-corrected chi connectivity index (χ3v) is 9.13. The molecule has 0 aliphatic carbocycles. The number of amides is 2. The van der Waals surface area contributed by atoms with Crippen molar-refractivity contribution in [3.05, 3.63) is 84.5 Å². The second-order valence-corrected chi connectivity index (χ2v) is 12.9. The van der Waals surface area contributed by atoms with Crippen LogP contribution >= 0.6 is 0 Å². The Labute approximate surface area is 284 Å². The van der Waals surface area contributed by atoms with Gasteiger partial charge in [-0.3, -0.25) is 9.71 Å². The molecule has 0 unspecified atom stereocenters. The van der Waals surface area contributed by atoms with Crippen molar-refractivity contribution < 1.29 is 27.1 Å². The van der Waals surface area contributed by atoms with Gasteiger partial charge < -0.3 is 25.0 Å². The first-order valence-corrected chi connectivity index (χ1v) is 17.3. The number of rotatable bonds is 12. The minimum Gasteiger partial charge on any atom is -0.494 e. The van der Waals surface area contributed by atoms with E-state index in [0.29, 0.717) is 83.5 Å². The number of benzene rings is 3. The first kappa shape index (κ1) is 35.0. The standard InChI is InChI=1S/C35H38FN7O5S/c1-5-20-49(45,46)42-29-9-7-8-27(31(29)36)24-21-28-32(30(22-24)47-4)40-33(41-34(28)43-16-18-48-19-17-43)23-10-12-26(13-11-23)39-35(44)38-25(6-2)14-15-37-3/h6-15,21-22,42H,3,5,16-20H2,1-2,4H3,(H2,38,39,44)/b15-14-,25-6+. The van der Waals surface area contributed by atoms with E-state index in [4.69, 9.17) is 19.4 Å². The maximum absolute atomic E-state index is 15.9. The number of sulfonamides is 1. The van der Waals surface area contributed by atoms with Crippen LogP contribution in [0.15, 0.2) is 83.6 Å². The number of nitrogens with zero attached hydrogens (tertiary/aromatic N) is 4. The predicted molar refractivity (Wildman–Crippen MR) is 192 cm³/mol. The lowest BCUT2D eigenvalue weighted by atomic mass is 10.0. The molecule has 1 fully saturated rings. The molecule has 0 bridgehead atoms. The molecule has 0 radical (unpaired) electrons. The van der Waals surface area contributed by atoms with Gasteiger partial charge in [-0.2, -0.15) is 0 Å². The van der Waals surface area contributed by atoms with Crippen molar-refractivity contribution in [1.29, 1.82) is 0 Å². The fourth-order valence-electron chi connectivity index (χ4n) is 5.30. The number of carbonyl (C=O) groups is 1. The average Bonchev–Trinajstić information content (AvgIpc) is 3.10. The van der Waals surface area contributed by atoms with E-state index in [0.717, 1.165) is 0 Å². The molecule has 2 amide bonds. The van der Waals surface area contributed by atoms with Crippen molar-refractivity contribution in [3.63, 3.8) is 0 Å². The molecule has 12 nitrogen and oxygen atoms in total. The second kappa shape index (κ2) is 15.7. The van der Waals surface area contributed by atoms with E-state index in [9.17, 15) is 13.2 Å². The molecule has 1 aliphatic heterocycles. The number of aliphatic imine (C=N–C) groups is 1. The molecule has 5 rings (SSSR count). The van der Waals surface area contributed by atoms with Crippen LogP contribution in [0, 0.1) is 5.82 Å². The highest BCUT2D eigenvalue weighted by Gasteiger charge is 2.23. The van der Waals surface area contributed by atoms with Gasteiger partial charge in [0.15, 0.2) is 11.6 Å². The third-order valence-electron chi connectivity index (χ3n) is 7.65. The quantitative estimate of drug-likeness (QED) is 0.116. The Balaban J connectivity index is 1.54. The normalized spacial score (nSPS) is 13.8. The van der Waals surface area contributed by atoms with Crippen LogP contribution in [-0.4, -0.2) is 70.3 Å². The highest BCUT2D eigenvalue weighted by Crippen LogP contribution is 2.39. The number of halogens is 1. The van der Waals surface area contributed by atoms with Gasteiger partial charge in [-0.05, 0) is 74.2 Å². The number of hydrogen-bond donors (Lipinski definition) is 3. The number of nitrogens with one attached hydrogen (secondary N) is 3. The molecule has 1 saturated heterocycles. The van der Waals surface area contributed by atoms with Gasteiger partial charge in [0.2, 0.25) is 10.0 Å². The van der Waals surface area contributed by atoms with Gasteiger partial charge in [0.25, 0.3) is 0 Å². The summed E-state index contributed by atoms with van der Waals surface area (Å²) in [7, 11) is -2.20. The van der Waals surface area contributed by atoms with Gasteiger partial charge in [-0.25, -0.2) is 27.6 Å². The summed E-state index contributed by atoms with van der Waals surface area (Å²) in [6.07, 6.45) is 5.23. The van der Waals surface area contributed by atoms with Crippen LogP contribution in [-0.2, 0) is 14.8 Å². The number of carbonyl (C=O) groups excluding carboxylic acids is 1. The number of hydrogen-bond acceptors (Lipinski definition) is 9. The van der Waals surface area contributed by atoms with Crippen molar-refractivity contribution in [3.8, 4) is 28.3 Å². The SMILES string of the molecule is C=N/C=C\C(=C/C)NC(=O)Nc1ccc(-c2nc(N3CCOCC3)c3cc(-c4cccc(NS(=O)(=O)CCC)c4F)cc(OC)c3n2)cc1. The predicted octanol–water partition coefficient (Wildman–Crippen LogP) is 6.34. The molecule has 0 saturated carbocycles.